The second-order valence-corrected chi connectivity index (χ2v) is 12.8. The van der Waals surface area contributed by atoms with Crippen LogP contribution in [0.1, 0.15) is 43.4 Å². The van der Waals surface area contributed by atoms with Crippen LogP contribution in [-0.2, 0) is 20.3 Å². The summed E-state index contributed by atoms with van der Waals surface area (Å²) < 4.78 is 29.4. The van der Waals surface area contributed by atoms with E-state index in [4.69, 9.17) is 9.73 Å². The number of nitrogens with zero attached hydrogens (tertiary/aromatic N) is 2. The summed E-state index contributed by atoms with van der Waals surface area (Å²) >= 11 is 1.82. The van der Waals surface area contributed by atoms with Crippen LogP contribution < -0.4 is 5.32 Å². The molecule has 1 saturated heterocycles. The normalized spacial score (nSPS) is 22.8. The van der Waals surface area contributed by atoms with E-state index in [0.717, 1.165) is 77.9 Å². The van der Waals surface area contributed by atoms with Crippen molar-refractivity contribution in [3.63, 3.8) is 0 Å². The van der Waals surface area contributed by atoms with E-state index in [-0.39, 0.29) is 5.75 Å². The maximum absolute atomic E-state index is 12.0. The van der Waals surface area contributed by atoms with E-state index in [9.17, 15) is 8.42 Å². The number of fused-ring (bicyclic) bond motifs is 1. The van der Waals surface area contributed by atoms with E-state index in [2.05, 4.69) is 21.3 Å². The number of thioether (sulfide) groups is 1. The zero-order chi connectivity index (χ0) is 22.8. The fourth-order valence-corrected chi connectivity index (χ4v) is 6.93. The molecule has 1 saturated carbocycles. The fourth-order valence-electron chi connectivity index (χ4n) is 5.08. The molecule has 180 valence electrons. The molecule has 5 rings (SSSR count). The van der Waals surface area contributed by atoms with Gasteiger partial charge in [0.2, 0.25) is 0 Å². The predicted octanol–water partition coefficient (Wildman–Crippen LogP) is 3.65. The van der Waals surface area contributed by atoms with Crippen LogP contribution in [0, 0.1) is 0 Å². The minimum atomic E-state index is -3.10. The Labute approximate surface area is 200 Å². The van der Waals surface area contributed by atoms with Gasteiger partial charge in [-0.2, -0.15) is 0 Å². The lowest BCUT2D eigenvalue weighted by atomic mass is 10.1. The lowest BCUT2D eigenvalue weighted by molar-refractivity contribution is 0.0369. The first-order valence-electron chi connectivity index (χ1n) is 12.0. The van der Waals surface area contributed by atoms with Gasteiger partial charge in [-0.15, -0.1) is 11.8 Å². The molecule has 0 spiro atoms. The first-order chi connectivity index (χ1) is 15.9. The van der Waals surface area contributed by atoms with E-state index >= 15 is 0 Å². The summed E-state index contributed by atoms with van der Waals surface area (Å²) in [6.07, 6.45) is 7.20. The summed E-state index contributed by atoms with van der Waals surface area (Å²) in [6, 6.07) is 6.95. The summed E-state index contributed by atoms with van der Waals surface area (Å²) in [4.78, 5) is 11.1. The predicted molar refractivity (Wildman–Crippen MR) is 137 cm³/mol. The molecule has 3 aliphatic rings. The number of benzene rings is 1. The van der Waals surface area contributed by atoms with Crippen molar-refractivity contribution in [2.75, 3.05) is 50.2 Å². The first-order valence-corrected chi connectivity index (χ1v) is 15.1. The molecule has 33 heavy (non-hydrogen) atoms. The number of hydrogen-bond donors (Lipinski definition) is 2. The molecule has 9 heteroatoms. The third-order valence-corrected chi connectivity index (χ3v) is 8.76. The number of ether oxygens (including phenoxy) is 1. The minimum Gasteiger partial charge on any atom is -0.381 e. The molecule has 3 heterocycles. The lowest BCUT2D eigenvalue weighted by Crippen LogP contribution is -2.37. The van der Waals surface area contributed by atoms with Crippen LogP contribution in [0.25, 0.3) is 10.9 Å². The molecule has 1 aromatic heterocycles. The van der Waals surface area contributed by atoms with Gasteiger partial charge < -0.3 is 15.0 Å². The summed E-state index contributed by atoms with van der Waals surface area (Å²) in [5.74, 6) is 1.07. The molecule has 0 bridgehead atoms. The van der Waals surface area contributed by atoms with Crippen LogP contribution in [0.3, 0.4) is 0 Å². The van der Waals surface area contributed by atoms with E-state index in [1.54, 1.807) is 0 Å². The molecule has 0 unspecified atom stereocenters. The van der Waals surface area contributed by atoms with Crippen molar-refractivity contribution in [2.45, 2.75) is 49.9 Å². The second kappa shape index (κ2) is 9.98. The van der Waals surface area contributed by atoms with Gasteiger partial charge in [0.05, 0.1) is 41.9 Å². The fraction of sp³-hybridized carbons (Fsp3) is 0.625. The summed E-state index contributed by atoms with van der Waals surface area (Å²) in [7, 11) is -3.10. The molecule has 2 aliphatic heterocycles. The molecule has 2 fully saturated rings. The molecular weight excluding hydrogens is 456 g/mol. The van der Waals surface area contributed by atoms with Crippen molar-refractivity contribution in [2.24, 2.45) is 4.99 Å². The Bertz CT molecular complexity index is 1120. The number of nitrogens with one attached hydrogen (secondary N) is 2. The maximum atomic E-state index is 12.0. The van der Waals surface area contributed by atoms with Crippen LogP contribution in [0.4, 0.5) is 5.69 Å². The van der Waals surface area contributed by atoms with Crippen LogP contribution in [-0.4, -0.2) is 80.3 Å². The van der Waals surface area contributed by atoms with Crippen molar-refractivity contribution in [1.82, 2.24) is 9.88 Å². The standard InChI is InChI=1S/C24H34N4O3S2/c1-33(29,30)16-17-12-18-14-22(27-23(18)21(13-17)25-19-4-2-3-5-19)24-26-20(15-32-24)6-7-28-8-10-31-11-9-28/h12-14,19-20,25,27H,2-11,15-16H2,1H3/t20-/m1/s1. The molecule has 0 amide bonds. The molecular formula is C24H34N4O3S2. The zero-order valence-corrected chi connectivity index (χ0v) is 20.9. The van der Waals surface area contributed by atoms with E-state index < -0.39 is 9.84 Å². The highest BCUT2D eigenvalue weighted by molar-refractivity contribution is 8.14. The van der Waals surface area contributed by atoms with Crippen molar-refractivity contribution >= 4 is 43.2 Å². The third kappa shape index (κ3) is 5.93. The largest absolute Gasteiger partial charge is 0.381 e. The highest BCUT2D eigenvalue weighted by Gasteiger charge is 2.23. The number of aliphatic imine (C=N–C) groups is 1. The Balaban J connectivity index is 1.36. The third-order valence-electron chi connectivity index (χ3n) is 6.76. The Morgan fingerprint density at radius 3 is 2.76 bits per heavy atom. The van der Waals surface area contributed by atoms with Gasteiger partial charge in [-0.1, -0.05) is 12.8 Å². The van der Waals surface area contributed by atoms with Gasteiger partial charge in [0.15, 0.2) is 9.84 Å². The van der Waals surface area contributed by atoms with Crippen LogP contribution >= 0.6 is 11.8 Å². The number of aromatic amines is 1. The zero-order valence-electron chi connectivity index (χ0n) is 19.3. The monoisotopic (exact) mass is 490 g/mol. The minimum absolute atomic E-state index is 0.0576. The maximum Gasteiger partial charge on any atom is 0.151 e. The molecule has 2 N–H and O–H groups in total. The van der Waals surface area contributed by atoms with Crippen LogP contribution in [0.5, 0.6) is 0 Å². The smallest absolute Gasteiger partial charge is 0.151 e. The Hall–Kier alpha value is -1.55. The number of morpholine rings is 1. The highest BCUT2D eigenvalue weighted by atomic mass is 32.2. The van der Waals surface area contributed by atoms with Gasteiger partial charge >= 0.3 is 0 Å². The van der Waals surface area contributed by atoms with Crippen molar-refractivity contribution in [3.8, 4) is 0 Å². The summed E-state index contributed by atoms with van der Waals surface area (Å²) in [6.45, 7) is 4.78. The summed E-state index contributed by atoms with van der Waals surface area (Å²) in [5, 5.41) is 5.80. The molecule has 7 nitrogen and oxygen atoms in total. The van der Waals surface area contributed by atoms with Gasteiger partial charge in [-0.05, 0) is 43.0 Å². The number of H-pyrrole nitrogens is 1. The Morgan fingerprint density at radius 1 is 1.21 bits per heavy atom. The number of rotatable bonds is 8. The molecule has 0 radical (unpaired) electrons. The van der Waals surface area contributed by atoms with Crippen molar-refractivity contribution in [3.05, 3.63) is 29.5 Å². The van der Waals surface area contributed by atoms with E-state index in [1.165, 1.54) is 31.9 Å². The Morgan fingerprint density at radius 2 is 2.00 bits per heavy atom. The number of sulfone groups is 1. The van der Waals surface area contributed by atoms with Crippen molar-refractivity contribution < 1.29 is 13.2 Å². The van der Waals surface area contributed by atoms with Crippen LogP contribution in [0.2, 0.25) is 0 Å². The van der Waals surface area contributed by atoms with E-state index in [1.807, 2.05) is 23.9 Å². The van der Waals surface area contributed by atoms with Crippen molar-refractivity contribution in [1.29, 1.82) is 0 Å². The number of anilines is 1. The molecule has 1 aromatic carbocycles. The van der Waals surface area contributed by atoms with Gasteiger partial charge in [0.25, 0.3) is 0 Å². The molecule has 1 aliphatic carbocycles. The average Bonchev–Trinajstić information content (AvgIpc) is 3.52. The quantitative estimate of drug-likeness (QED) is 0.587. The SMILES string of the molecule is CS(=O)(=O)Cc1cc(NC2CCCC2)c2[nH]c(C3=N[C@H](CCN4CCOCC4)CS3)cc2c1. The highest BCUT2D eigenvalue weighted by Crippen LogP contribution is 2.33. The Kier molecular flexibility index (Phi) is 7.02. The average molecular weight is 491 g/mol. The number of hydrogen-bond acceptors (Lipinski definition) is 7. The van der Waals surface area contributed by atoms with Gasteiger partial charge in [-0.25, -0.2) is 8.42 Å². The molecule has 2 aromatic rings. The first kappa shape index (κ1) is 23.2. The molecule has 1 atom stereocenters. The number of aromatic nitrogens is 1. The van der Waals surface area contributed by atoms with Crippen LogP contribution in [0.15, 0.2) is 23.2 Å². The van der Waals surface area contributed by atoms with Gasteiger partial charge in [0.1, 0.15) is 5.04 Å². The topological polar surface area (TPSA) is 86.8 Å². The summed E-state index contributed by atoms with van der Waals surface area (Å²) in [5.41, 5.74) is 3.93. The second-order valence-electron chi connectivity index (χ2n) is 9.63. The van der Waals surface area contributed by atoms with Gasteiger partial charge in [0, 0.05) is 43.1 Å². The van der Waals surface area contributed by atoms with Gasteiger partial charge in [-0.3, -0.25) is 9.89 Å². The van der Waals surface area contributed by atoms with E-state index in [0.29, 0.717) is 12.1 Å². The lowest BCUT2D eigenvalue weighted by Gasteiger charge is -2.26.